The van der Waals surface area contributed by atoms with Crippen LogP contribution in [0.5, 0.6) is 0 Å². The first-order valence-corrected chi connectivity index (χ1v) is 15.4. The number of benzene rings is 4. The van der Waals surface area contributed by atoms with Crippen molar-refractivity contribution in [2.75, 3.05) is 0 Å². The van der Waals surface area contributed by atoms with Gasteiger partial charge in [-0.15, -0.1) is 9.13 Å². The molecule has 0 radical (unpaired) electrons. The van der Waals surface area contributed by atoms with Gasteiger partial charge in [-0.1, -0.05) is 80.6 Å². The summed E-state index contributed by atoms with van der Waals surface area (Å²) in [6.07, 6.45) is 4.70. The second-order valence-electron chi connectivity index (χ2n) is 12.6. The van der Waals surface area contributed by atoms with Crippen molar-refractivity contribution in [1.82, 2.24) is 4.57 Å². The quantitative estimate of drug-likeness (QED) is 0.195. The fourth-order valence-electron chi connectivity index (χ4n) is 8.02. The smallest absolute Gasteiger partial charge is 0.340 e. The lowest BCUT2D eigenvalue weighted by atomic mass is 9.89. The van der Waals surface area contributed by atoms with Gasteiger partial charge in [-0.25, -0.2) is 0 Å². The molecule has 4 aromatic carbocycles. The van der Waals surface area contributed by atoms with Crippen molar-refractivity contribution < 1.29 is 9.13 Å². The molecule has 43 heavy (non-hydrogen) atoms. The molecule has 0 saturated heterocycles. The molecule has 0 fully saturated rings. The molecule has 7 aromatic rings. The topological polar surface area (TPSA) is 12.7 Å². The maximum Gasteiger partial charge on any atom is 0.417 e. The normalized spacial score (nSPS) is 16.2. The lowest BCUT2D eigenvalue weighted by Crippen LogP contribution is -2.71. The summed E-state index contributed by atoms with van der Waals surface area (Å²) in [6, 6.07) is 42.6. The summed E-state index contributed by atoms with van der Waals surface area (Å²) in [4.78, 5) is 0. The van der Waals surface area contributed by atoms with E-state index in [1.807, 2.05) is 0 Å². The minimum Gasteiger partial charge on any atom is -0.340 e. The molecule has 9 rings (SSSR count). The molecule has 3 aromatic heterocycles. The van der Waals surface area contributed by atoms with Crippen LogP contribution in [-0.2, 0) is 12.2 Å². The summed E-state index contributed by atoms with van der Waals surface area (Å²) >= 11 is 0. The molecule has 0 saturated carbocycles. The van der Waals surface area contributed by atoms with Crippen LogP contribution in [0, 0.1) is 12.8 Å². The molecule has 0 amide bonds. The molecule has 2 aliphatic rings. The zero-order valence-corrected chi connectivity index (χ0v) is 24.8. The standard InChI is InChI=1S/C40H33N3/c1-26(2)24-41-35-18-10-8-15-29(35)30-20-21-34-38(39(30)41)36-19-11-12-22-42(36)40(34)33-17-9-7-16-31(33)37-23-27(3)32(25-43(37)40)28-13-5-4-6-14-28/h4-23,25-26H,24H2,1-3H3/q+2. The van der Waals surface area contributed by atoms with Gasteiger partial charge in [0, 0.05) is 46.6 Å². The fourth-order valence-corrected chi connectivity index (χ4v) is 8.02. The van der Waals surface area contributed by atoms with Crippen molar-refractivity contribution in [2.45, 2.75) is 33.0 Å². The Balaban J connectivity index is 1.47. The highest BCUT2D eigenvalue weighted by Crippen LogP contribution is 2.50. The number of pyridine rings is 2. The van der Waals surface area contributed by atoms with Crippen molar-refractivity contribution in [1.29, 1.82) is 0 Å². The lowest BCUT2D eigenvalue weighted by Gasteiger charge is -2.18. The molecule has 0 aliphatic carbocycles. The van der Waals surface area contributed by atoms with Gasteiger partial charge < -0.3 is 4.57 Å². The number of para-hydroxylation sites is 1. The Hall–Kier alpha value is -5.02. The largest absolute Gasteiger partial charge is 0.417 e. The van der Waals surface area contributed by atoms with E-state index >= 15 is 0 Å². The van der Waals surface area contributed by atoms with Gasteiger partial charge in [0.25, 0.3) is 0 Å². The van der Waals surface area contributed by atoms with Crippen LogP contribution in [0.1, 0.15) is 30.5 Å². The molecule has 0 bridgehead atoms. The van der Waals surface area contributed by atoms with Gasteiger partial charge in [0.05, 0.1) is 16.6 Å². The molecule has 3 nitrogen and oxygen atoms in total. The Labute approximate surface area is 251 Å². The van der Waals surface area contributed by atoms with E-state index in [9.17, 15) is 0 Å². The third-order valence-corrected chi connectivity index (χ3v) is 9.63. The van der Waals surface area contributed by atoms with Crippen LogP contribution in [0.3, 0.4) is 0 Å². The fraction of sp³-hybridized carbons (Fsp3) is 0.150. The average molecular weight is 556 g/mol. The van der Waals surface area contributed by atoms with E-state index < -0.39 is 5.66 Å². The molecule has 1 unspecified atom stereocenters. The Morgan fingerprint density at radius 1 is 0.674 bits per heavy atom. The minimum atomic E-state index is -0.539. The highest BCUT2D eigenvalue weighted by atomic mass is 15.3. The zero-order chi connectivity index (χ0) is 28.9. The summed E-state index contributed by atoms with van der Waals surface area (Å²) in [5, 5.41) is 2.65. The molecule has 2 aliphatic heterocycles. The highest BCUT2D eigenvalue weighted by molar-refractivity contribution is 6.13. The second kappa shape index (κ2) is 8.75. The van der Waals surface area contributed by atoms with E-state index in [0.29, 0.717) is 5.92 Å². The monoisotopic (exact) mass is 555 g/mol. The molecular formula is C40H33N3+2. The predicted molar refractivity (Wildman–Crippen MR) is 174 cm³/mol. The Bertz CT molecular complexity index is 2260. The van der Waals surface area contributed by atoms with Gasteiger partial charge in [-0.3, -0.25) is 0 Å². The Morgan fingerprint density at radius 2 is 1.44 bits per heavy atom. The van der Waals surface area contributed by atoms with Gasteiger partial charge in [0.1, 0.15) is 11.1 Å². The van der Waals surface area contributed by atoms with Gasteiger partial charge >= 0.3 is 5.66 Å². The van der Waals surface area contributed by atoms with Crippen molar-refractivity contribution in [3.63, 3.8) is 0 Å². The minimum absolute atomic E-state index is 0.520. The van der Waals surface area contributed by atoms with Gasteiger partial charge in [0.2, 0.25) is 11.4 Å². The maximum absolute atomic E-state index is 2.58. The van der Waals surface area contributed by atoms with Crippen LogP contribution in [0.4, 0.5) is 0 Å². The van der Waals surface area contributed by atoms with E-state index in [2.05, 4.69) is 162 Å². The average Bonchev–Trinajstić information content (AvgIpc) is 3.62. The molecule has 1 atom stereocenters. The molecule has 206 valence electrons. The number of rotatable bonds is 3. The Kier molecular flexibility index (Phi) is 5.00. The number of nitrogens with zero attached hydrogens (tertiary/aromatic N) is 3. The van der Waals surface area contributed by atoms with Crippen LogP contribution < -0.4 is 9.13 Å². The molecule has 5 heterocycles. The zero-order valence-electron chi connectivity index (χ0n) is 24.8. The van der Waals surface area contributed by atoms with Crippen molar-refractivity contribution in [3.05, 3.63) is 144 Å². The number of aryl methyl sites for hydroxylation is 1. The van der Waals surface area contributed by atoms with Crippen molar-refractivity contribution >= 4 is 21.8 Å². The molecule has 0 N–H and O–H groups in total. The summed E-state index contributed by atoms with van der Waals surface area (Å²) in [5.41, 5.74) is 13.7. The second-order valence-corrected chi connectivity index (χ2v) is 12.6. The van der Waals surface area contributed by atoms with Crippen LogP contribution in [0.25, 0.3) is 55.4 Å². The SMILES string of the molecule is Cc1cc2[n+](cc1-c1ccccc1)C1(c3ccccc3-2)c2ccc3c4ccccc4n(CC(C)C)c3c2-c2cccc[n+]21. The van der Waals surface area contributed by atoms with Gasteiger partial charge in [0.15, 0.2) is 12.4 Å². The van der Waals surface area contributed by atoms with E-state index in [1.54, 1.807) is 0 Å². The van der Waals surface area contributed by atoms with Gasteiger partial charge in [-0.2, -0.15) is 0 Å². The number of aromatic nitrogens is 3. The molecular weight excluding hydrogens is 522 g/mol. The van der Waals surface area contributed by atoms with Crippen LogP contribution >= 0.6 is 0 Å². The predicted octanol–water partition coefficient (Wildman–Crippen LogP) is 8.26. The number of hydrogen-bond donors (Lipinski definition) is 0. The third-order valence-electron chi connectivity index (χ3n) is 9.63. The van der Waals surface area contributed by atoms with E-state index in [-0.39, 0.29) is 0 Å². The number of hydrogen-bond acceptors (Lipinski definition) is 0. The summed E-state index contributed by atoms with van der Waals surface area (Å²) in [6.45, 7) is 7.85. The van der Waals surface area contributed by atoms with Crippen LogP contribution in [-0.4, -0.2) is 4.57 Å². The maximum atomic E-state index is 2.58. The lowest BCUT2D eigenvalue weighted by molar-refractivity contribution is -0.954. The van der Waals surface area contributed by atoms with E-state index in [4.69, 9.17) is 0 Å². The van der Waals surface area contributed by atoms with Crippen LogP contribution in [0.15, 0.2) is 128 Å². The van der Waals surface area contributed by atoms with E-state index in [0.717, 1.165) is 6.54 Å². The van der Waals surface area contributed by atoms with Gasteiger partial charge in [-0.05, 0) is 54.3 Å². The molecule has 3 heteroatoms. The first-order chi connectivity index (χ1) is 21.1. The molecule has 1 spiro atoms. The summed E-state index contributed by atoms with van der Waals surface area (Å²) in [7, 11) is 0. The third kappa shape index (κ3) is 3.09. The highest BCUT2D eigenvalue weighted by Gasteiger charge is 2.67. The Morgan fingerprint density at radius 3 is 2.30 bits per heavy atom. The summed E-state index contributed by atoms with van der Waals surface area (Å²) < 4.78 is 7.68. The summed E-state index contributed by atoms with van der Waals surface area (Å²) in [5.74, 6) is 0.520. The van der Waals surface area contributed by atoms with Crippen molar-refractivity contribution in [3.8, 4) is 33.6 Å². The van der Waals surface area contributed by atoms with E-state index in [1.165, 1.54) is 72.1 Å². The van der Waals surface area contributed by atoms with Crippen molar-refractivity contribution in [2.24, 2.45) is 5.92 Å². The van der Waals surface area contributed by atoms with Crippen LogP contribution in [0.2, 0.25) is 0 Å². The first-order valence-electron chi connectivity index (χ1n) is 15.4. The first kappa shape index (κ1) is 24.6. The number of fused-ring (bicyclic) bond motifs is 14.